The van der Waals surface area contributed by atoms with Crippen LogP contribution >= 0.6 is 11.3 Å². The average molecular weight is 761 g/mol. The van der Waals surface area contributed by atoms with Gasteiger partial charge in [0.25, 0.3) is 11.4 Å². The number of hydrogen-bond donors (Lipinski definition) is 2. The number of fused-ring (bicyclic) bond motifs is 2. The van der Waals surface area contributed by atoms with Gasteiger partial charge in [-0.15, -0.1) is 11.3 Å². The predicted octanol–water partition coefficient (Wildman–Crippen LogP) is 3.48. The molecule has 0 unspecified atom stereocenters. The molecule has 54 heavy (non-hydrogen) atoms. The summed E-state index contributed by atoms with van der Waals surface area (Å²) in [6.45, 7) is 2.70. The number of carbonyl (C=O) groups is 4. The van der Waals surface area contributed by atoms with Gasteiger partial charge in [-0.2, -0.15) is 0 Å². The maximum Gasteiger partial charge on any atom is 0.410 e. The van der Waals surface area contributed by atoms with E-state index >= 15 is 0 Å². The van der Waals surface area contributed by atoms with E-state index in [2.05, 4.69) is 4.98 Å². The number of imidazole rings is 1. The molecule has 0 aliphatic carbocycles. The zero-order valence-electron chi connectivity index (χ0n) is 28.6. The average Bonchev–Trinajstić information content (AvgIpc) is 3.90. The number of rotatable bonds is 11. The third-order valence-electron chi connectivity index (χ3n) is 9.92. The van der Waals surface area contributed by atoms with Gasteiger partial charge in [-0.25, -0.2) is 14.6 Å². The first kappa shape index (κ1) is 36.3. The van der Waals surface area contributed by atoms with Gasteiger partial charge in [0, 0.05) is 48.4 Å². The molecular weight excluding hydrogens is 728 g/mol. The molecule has 6 atom stereocenters. The van der Waals surface area contributed by atoms with E-state index in [0.29, 0.717) is 26.4 Å². The van der Waals surface area contributed by atoms with Gasteiger partial charge in [0.2, 0.25) is 11.7 Å². The summed E-state index contributed by atoms with van der Waals surface area (Å²) in [4.78, 5) is 82.7. The standard InChI is InChI=1S/C35H32N6O12S/c1-17-26(30(39-29(17)27(18(2)42)32(39)45)34(46)52-14-19-3-7-21(8-4-19)40(48)49)25-13-37-16-36-28(33(37)54-25)31(44)24-11-23(43)12-38(24)35(47)53-15-20-5-9-22(10-6-20)41(50)51/h3-10,13,16-18,23-24,27,29,42-43H,11-12,14-15H2,1-2H3/t17-,18+,23+,24-,27+,29+/m0/s1. The number of esters is 1. The molecule has 2 N–H and O–H groups in total. The zero-order chi connectivity index (χ0) is 38.6. The Kier molecular flexibility index (Phi) is 9.46. The first-order valence-corrected chi connectivity index (χ1v) is 17.6. The van der Waals surface area contributed by atoms with Crippen LogP contribution in [-0.2, 0) is 32.3 Å². The number of thiazole rings is 1. The van der Waals surface area contributed by atoms with Crippen LogP contribution in [0.2, 0.25) is 0 Å². The first-order chi connectivity index (χ1) is 25.7. The number of nitrogens with zero attached hydrogens (tertiary/aromatic N) is 6. The number of aromatic nitrogens is 2. The van der Waals surface area contributed by atoms with Crippen LogP contribution < -0.4 is 0 Å². The Labute approximate surface area is 309 Å². The van der Waals surface area contributed by atoms with Crippen molar-refractivity contribution in [1.29, 1.82) is 0 Å². The van der Waals surface area contributed by atoms with E-state index in [1.165, 1.54) is 66.7 Å². The Morgan fingerprint density at radius 1 is 1.00 bits per heavy atom. The fourth-order valence-electron chi connectivity index (χ4n) is 7.27. The predicted molar refractivity (Wildman–Crippen MR) is 187 cm³/mol. The molecule has 0 spiro atoms. The quantitative estimate of drug-likeness (QED) is 0.0733. The number of β-lactam (4-membered cyclic amide) rings is 1. The van der Waals surface area contributed by atoms with Crippen molar-refractivity contribution >= 4 is 56.9 Å². The van der Waals surface area contributed by atoms with Gasteiger partial charge < -0.3 is 24.6 Å². The SMILES string of the molecule is C[C@@H](O)[C@H]1C(=O)N2C(C(=O)OCc3ccc([N+](=O)[O-])cc3)=C(c3cn4cnc(C(=O)[C@@H]5C[C@@H](O)CN5C(=O)OCc5ccc([N+](=O)[O-])cc5)c4s3)[C@H](C)[C@H]12. The molecule has 0 saturated carbocycles. The molecule has 7 rings (SSSR count). The van der Waals surface area contributed by atoms with E-state index in [4.69, 9.17) is 9.47 Å². The van der Waals surface area contributed by atoms with Crippen molar-refractivity contribution < 1.29 is 48.7 Å². The van der Waals surface area contributed by atoms with E-state index in [1.54, 1.807) is 10.6 Å². The van der Waals surface area contributed by atoms with Crippen LogP contribution in [-0.4, -0.2) is 93.8 Å². The topological polar surface area (TPSA) is 237 Å². The number of likely N-dealkylation sites (tertiary alicyclic amines) is 1. The lowest BCUT2D eigenvalue weighted by molar-refractivity contribution is -0.385. The second kappa shape index (κ2) is 14.1. The summed E-state index contributed by atoms with van der Waals surface area (Å²) in [5.74, 6) is -3.02. The van der Waals surface area contributed by atoms with E-state index < -0.39 is 69.7 Å². The highest BCUT2D eigenvalue weighted by molar-refractivity contribution is 7.18. The second-order valence-electron chi connectivity index (χ2n) is 13.3. The molecular formula is C35H32N6O12S. The lowest BCUT2D eigenvalue weighted by atomic mass is 9.77. The number of ketones is 1. The van der Waals surface area contributed by atoms with Crippen molar-refractivity contribution in [3.63, 3.8) is 0 Å². The number of nitro benzene ring substituents is 2. The highest BCUT2D eigenvalue weighted by Gasteiger charge is 2.60. The van der Waals surface area contributed by atoms with Crippen LogP contribution in [0.1, 0.15) is 46.8 Å². The van der Waals surface area contributed by atoms with Crippen molar-refractivity contribution in [3.05, 3.63) is 109 Å². The number of aliphatic hydroxyl groups excluding tert-OH is 2. The molecule has 2 aromatic heterocycles. The van der Waals surface area contributed by atoms with Crippen LogP contribution in [0.5, 0.6) is 0 Å². The molecule has 4 aromatic rings. The number of Topliss-reactive ketones (excluding diaryl/α,β-unsaturated/α-hetero) is 1. The molecule has 3 aliphatic heterocycles. The third-order valence-corrected chi connectivity index (χ3v) is 11.1. The van der Waals surface area contributed by atoms with Crippen LogP contribution in [0.3, 0.4) is 0 Å². The van der Waals surface area contributed by atoms with Gasteiger partial charge in [-0.3, -0.25) is 39.1 Å². The van der Waals surface area contributed by atoms with Crippen LogP contribution in [0, 0.1) is 32.1 Å². The molecule has 5 heterocycles. The van der Waals surface area contributed by atoms with Crippen LogP contribution in [0.25, 0.3) is 10.4 Å². The summed E-state index contributed by atoms with van der Waals surface area (Å²) in [6.07, 6.45) is 0.110. The zero-order valence-corrected chi connectivity index (χ0v) is 29.5. The lowest BCUT2D eigenvalue weighted by Gasteiger charge is -2.46. The second-order valence-corrected chi connectivity index (χ2v) is 14.3. The number of carbonyl (C=O) groups excluding carboxylic acids is 4. The maximum absolute atomic E-state index is 14.0. The summed E-state index contributed by atoms with van der Waals surface area (Å²) in [5.41, 5.74) is 1.17. The summed E-state index contributed by atoms with van der Waals surface area (Å²) in [5, 5.41) is 42.9. The number of aliphatic hydroxyl groups is 2. The highest BCUT2D eigenvalue weighted by atomic mass is 32.1. The monoisotopic (exact) mass is 760 g/mol. The van der Waals surface area contributed by atoms with E-state index in [1.807, 2.05) is 6.92 Å². The smallest absolute Gasteiger partial charge is 0.410 e. The Bertz CT molecular complexity index is 2230. The molecule has 2 fully saturated rings. The molecule has 18 nitrogen and oxygen atoms in total. The fraction of sp³-hybridized carbons (Fsp3) is 0.343. The number of hydrogen-bond acceptors (Lipinski definition) is 14. The highest BCUT2D eigenvalue weighted by Crippen LogP contribution is 2.52. The van der Waals surface area contributed by atoms with Crippen molar-refractivity contribution in [2.45, 2.75) is 57.8 Å². The fourth-order valence-corrected chi connectivity index (χ4v) is 8.49. The van der Waals surface area contributed by atoms with Gasteiger partial charge in [-0.05, 0) is 42.3 Å². The molecule has 19 heteroatoms. The minimum atomic E-state index is -1.12. The Morgan fingerprint density at radius 2 is 1.59 bits per heavy atom. The largest absolute Gasteiger partial charge is 0.456 e. The van der Waals surface area contributed by atoms with Crippen molar-refractivity contribution in [2.24, 2.45) is 11.8 Å². The Morgan fingerprint density at radius 3 is 2.17 bits per heavy atom. The minimum Gasteiger partial charge on any atom is -0.456 e. The lowest BCUT2D eigenvalue weighted by Crippen LogP contribution is -2.63. The van der Waals surface area contributed by atoms with E-state index in [9.17, 15) is 49.6 Å². The molecule has 3 aliphatic rings. The minimum absolute atomic E-state index is 0.00766. The van der Waals surface area contributed by atoms with E-state index in [0.717, 1.165) is 16.2 Å². The number of β-amino-alcohol motifs (C(OH)–C–C–N with tert-alkyl or cyclic N) is 1. The van der Waals surface area contributed by atoms with Crippen LogP contribution in [0.4, 0.5) is 16.2 Å². The molecule has 280 valence electrons. The van der Waals surface area contributed by atoms with Gasteiger partial charge in [0.15, 0.2) is 0 Å². The summed E-state index contributed by atoms with van der Waals surface area (Å²) >= 11 is 1.13. The molecule has 2 aromatic carbocycles. The van der Waals surface area contributed by atoms with Crippen molar-refractivity contribution in [3.8, 4) is 0 Å². The summed E-state index contributed by atoms with van der Waals surface area (Å²) in [6, 6.07) is 9.25. The summed E-state index contributed by atoms with van der Waals surface area (Å²) in [7, 11) is 0. The number of amides is 2. The Hall–Kier alpha value is -6.05. The van der Waals surface area contributed by atoms with Gasteiger partial charge >= 0.3 is 12.1 Å². The van der Waals surface area contributed by atoms with E-state index in [-0.39, 0.29) is 48.9 Å². The number of non-ortho nitro benzene ring substituents is 2. The van der Waals surface area contributed by atoms with Crippen molar-refractivity contribution in [1.82, 2.24) is 19.2 Å². The van der Waals surface area contributed by atoms with Crippen LogP contribution in [0.15, 0.2) is 66.8 Å². The van der Waals surface area contributed by atoms with Gasteiger partial charge in [0.1, 0.15) is 41.8 Å². The van der Waals surface area contributed by atoms with Crippen molar-refractivity contribution in [2.75, 3.05) is 6.54 Å². The molecule has 0 radical (unpaired) electrons. The maximum atomic E-state index is 14.0. The number of nitro groups is 2. The third kappa shape index (κ3) is 6.35. The van der Waals surface area contributed by atoms with Gasteiger partial charge in [0.05, 0.1) is 45.4 Å². The Balaban J connectivity index is 1.14. The number of benzene rings is 2. The molecule has 2 saturated heterocycles. The summed E-state index contributed by atoms with van der Waals surface area (Å²) < 4.78 is 12.6. The normalized spacial score (nSPS) is 22.6. The number of ether oxygens (including phenoxy) is 2. The molecule has 0 bridgehead atoms. The van der Waals surface area contributed by atoms with Gasteiger partial charge in [-0.1, -0.05) is 6.92 Å². The molecule has 2 amide bonds. The first-order valence-electron chi connectivity index (χ1n) is 16.8.